The number of aliphatic hydroxyl groups excluding tert-OH is 1. The number of aliphatic hydroxyl groups is 1. The van der Waals surface area contributed by atoms with Crippen molar-refractivity contribution in [2.75, 3.05) is 11.9 Å². The summed E-state index contributed by atoms with van der Waals surface area (Å²) in [7, 11) is 1.54. The normalized spacial score (nSPS) is 12.8. The van der Waals surface area contributed by atoms with E-state index in [1.165, 1.54) is 17.9 Å². The molecule has 1 atom stereocenters. The van der Waals surface area contributed by atoms with Gasteiger partial charge in [0, 0.05) is 13.1 Å². The third-order valence-electron chi connectivity index (χ3n) is 2.41. The van der Waals surface area contributed by atoms with Crippen LogP contribution in [0.3, 0.4) is 0 Å². The molecule has 0 aliphatic carbocycles. The summed E-state index contributed by atoms with van der Waals surface area (Å²) in [4.78, 5) is 11.5. The van der Waals surface area contributed by atoms with E-state index in [1.54, 1.807) is 0 Å². The standard InChI is InChI=1S/C11H18ClN3O2/c1-7(2)4-8(6-16)14-9-5-13-15(3)11(17)10(9)12/h5,7-8,14,16H,4,6H2,1-3H3. The lowest BCUT2D eigenvalue weighted by molar-refractivity contribution is 0.259. The molecular formula is C11H18ClN3O2. The minimum absolute atomic E-state index is 0.0102. The number of nitrogens with one attached hydrogen (secondary N) is 1. The van der Waals surface area contributed by atoms with Crippen LogP contribution in [-0.2, 0) is 7.05 Å². The quantitative estimate of drug-likeness (QED) is 0.835. The number of aromatic nitrogens is 2. The van der Waals surface area contributed by atoms with E-state index in [0.717, 1.165) is 6.42 Å². The Balaban J connectivity index is 2.87. The van der Waals surface area contributed by atoms with Gasteiger partial charge in [-0.15, -0.1) is 0 Å². The second kappa shape index (κ2) is 6.02. The van der Waals surface area contributed by atoms with Crippen LogP contribution in [0.25, 0.3) is 0 Å². The molecule has 0 spiro atoms. The van der Waals surface area contributed by atoms with Crippen molar-refractivity contribution in [3.05, 3.63) is 21.6 Å². The fourth-order valence-corrected chi connectivity index (χ4v) is 1.81. The molecule has 1 aromatic rings. The molecule has 17 heavy (non-hydrogen) atoms. The first-order valence-electron chi connectivity index (χ1n) is 5.55. The van der Waals surface area contributed by atoms with Crippen LogP contribution in [0.5, 0.6) is 0 Å². The van der Waals surface area contributed by atoms with Crippen LogP contribution >= 0.6 is 11.6 Å². The van der Waals surface area contributed by atoms with Crippen LogP contribution in [0.4, 0.5) is 5.69 Å². The highest BCUT2D eigenvalue weighted by Gasteiger charge is 2.13. The van der Waals surface area contributed by atoms with Crippen molar-refractivity contribution in [2.24, 2.45) is 13.0 Å². The monoisotopic (exact) mass is 259 g/mol. The van der Waals surface area contributed by atoms with Crippen LogP contribution in [0.1, 0.15) is 20.3 Å². The van der Waals surface area contributed by atoms with Gasteiger partial charge < -0.3 is 10.4 Å². The Morgan fingerprint density at radius 3 is 2.76 bits per heavy atom. The first kappa shape index (κ1) is 14.0. The Morgan fingerprint density at radius 2 is 2.24 bits per heavy atom. The summed E-state index contributed by atoms with van der Waals surface area (Å²) in [6.45, 7) is 4.12. The molecule has 0 radical (unpaired) electrons. The summed E-state index contributed by atoms with van der Waals surface area (Å²) in [6, 6.07) is -0.124. The SMILES string of the molecule is CC(C)CC(CO)Nc1cnn(C)c(=O)c1Cl. The van der Waals surface area contributed by atoms with E-state index in [4.69, 9.17) is 11.6 Å². The number of hydrogen-bond acceptors (Lipinski definition) is 4. The fourth-order valence-electron chi connectivity index (χ4n) is 1.58. The van der Waals surface area contributed by atoms with Crippen LogP contribution in [-0.4, -0.2) is 27.5 Å². The van der Waals surface area contributed by atoms with E-state index in [2.05, 4.69) is 24.3 Å². The van der Waals surface area contributed by atoms with Gasteiger partial charge in [-0.05, 0) is 12.3 Å². The molecule has 0 amide bonds. The van der Waals surface area contributed by atoms with Crippen LogP contribution in [0.2, 0.25) is 5.02 Å². The van der Waals surface area contributed by atoms with E-state index in [0.29, 0.717) is 11.6 Å². The molecule has 6 heteroatoms. The summed E-state index contributed by atoms with van der Waals surface area (Å²) in [5.74, 6) is 0.443. The minimum atomic E-state index is -0.349. The molecule has 0 aliphatic heterocycles. The van der Waals surface area contributed by atoms with Crippen molar-refractivity contribution in [1.82, 2.24) is 9.78 Å². The van der Waals surface area contributed by atoms with Gasteiger partial charge in [-0.3, -0.25) is 4.79 Å². The highest BCUT2D eigenvalue weighted by Crippen LogP contribution is 2.18. The van der Waals surface area contributed by atoms with E-state index >= 15 is 0 Å². The number of aryl methyl sites for hydroxylation is 1. The first-order valence-corrected chi connectivity index (χ1v) is 5.92. The zero-order valence-corrected chi connectivity index (χ0v) is 11.0. The van der Waals surface area contributed by atoms with E-state index in [1.807, 2.05) is 0 Å². The average Bonchev–Trinajstić information content (AvgIpc) is 2.28. The Kier molecular flexibility index (Phi) is 4.96. The highest BCUT2D eigenvalue weighted by atomic mass is 35.5. The van der Waals surface area contributed by atoms with Gasteiger partial charge in [0.15, 0.2) is 0 Å². The largest absolute Gasteiger partial charge is 0.394 e. The molecule has 0 saturated heterocycles. The topological polar surface area (TPSA) is 67.2 Å². The van der Waals surface area contributed by atoms with Gasteiger partial charge in [-0.1, -0.05) is 25.4 Å². The Hall–Kier alpha value is -1.07. The van der Waals surface area contributed by atoms with Crippen LogP contribution in [0, 0.1) is 5.92 Å². The summed E-state index contributed by atoms with van der Waals surface area (Å²) in [5, 5.41) is 16.3. The van der Waals surface area contributed by atoms with Crippen LogP contribution in [0.15, 0.2) is 11.0 Å². The maximum atomic E-state index is 11.5. The van der Waals surface area contributed by atoms with Crippen LogP contribution < -0.4 is 10.9 Å². The lowest BCUT2D eigenvalue weighted by Crippen LogP contribution is -2.28. The molecule has 1 unspecified atom stereocenters. The number of rotatable bonds is 5. The number of anilines is 1. The lowest BCUT2D eigenvalue weighted by Gasteiger charge is -2.19. The Bertz CT molecular complexity index is 431. The second-order valence-electron chi connectivity index (χ2n) is 4.45. The molecule has 1 rings (SSSR count). The molecule has 5 nitrogen and oxygen atoms in total. The maximum Gasteiger partial charge on any atom is 0.287 e. The molecule has 0 aliphatic rings. The molecule has 0 fully saturated rings. The zero-order valence-electron chi connectivity index (χ0n) is 10.3. The summed E-state index contributed by atoms with van der Waals surface area (Å²) in [6.07, 6.45) is 2.29. The fraction of sp³-hybridized carbons (Fsp3) is 0.636. The summed E-state index contributed by atoms with van der Waals surface area (Å²) >= 11 is 5.92. The molecule has 0 bridgehead atoms. The molecule has 96 valence electrons. The van der Waals surface area contributed by atoms with Gasteiger partial charge in [0.2, 0.25) is 0 Å². The molecule has 1 heterocycles. The third-order valence-corrected chi connectivity index (χ3v) is 2.78. The predicted molar refractivity (Wildman–Crippen MR) is 68.4 cm³/mol. The highest BCUT2D eigenvalue weighted by molar-refractivity contribution is 6.32. The van der Waals surface area contributed by atoms with Gasteiger partial charge in [-0.2, -0.15) is 5.10 Å². The summed E-state index contributed by atoms with van der Waals surface area (Å²) < 4.78 is 1.17. The average molecular weight is 260 g/mol. The third kappa shape index (κ3) is 3.71. The zero-order chi connectivity index (χ0) is 13.0. The lowest BCUT2D eigenvalue weighted by atomic mass is 10.0. The van der Waals surface area contributed by atoms with E-state index in [9.17, 15) is 9.90 Å². The number of nitrogens with zero attached hydrogens (tertiary/aromatic N) is 2. The second-order valence-corrected chi connectivity index (χ2v) is 4.83. The molecule has 1 aromatic heterocycles. The maximum absolute atomic E-state index is 11.5. The Labute approximate surface area is 105 Å². The van der Waals surface area contributed by atoms with E-state index in [-0.39, 0.29) is 23.2 Å². The van der Waals surface area contributed by atoms with Gasteiger partial charge in [0.1, 0.15) is 5.02 Å². The van der Waals surface area contributed by atoms with Gasteiger partial charge >= 0.3 is 0 Å². The van der Waals surface area contributed by atoms with Gasteiger partial charge in [0.05, 0.1) is 18.5 Å². The Morgan fingerprint density at radius 1 is 1.59 bits per heavy atom. The van der Waals surface area contributed by atoms with Crippen molar-refractivity contribution in [2.45, 2.75) is 26.3 Å². The molecule has 0 aromatic carbocycles. The van der Waals surface area contributed by atoms with Crippen molar-refractivity contribution in [3.8, 4) is 0 Å². The molecular weight excluding hydrogens is 242 g/mol. The van der Waals surface area contributed by atoms with Gasteiger partial charge in [-0.25, -0.2) is 4.68 Å². The minimum Gasteiger partial charge on any atom is -0.394 e. The van der Waals surface area contributed by atoms with Crippen molar-refractivity contribution < 1.29 is 5.11 Å². The summed E-state index contributed by atoms with van der Waals surface area (Å²) in [5.41, 5.74) is 0.118. The molecule has 0 saturated carbocycles. The predicted octanol–water partition coefficient (Wildman–Crippen LogP) is 1.25. The van der Waals surface area contributed by atoms with E-state index < -0.39 is 0 Å². The van der Waals surface area contributed by atoms with Crippen molar-refractivity contribution in [1.29, 1.82) is 0 Å². The number of hydrogen-bond donors (Lipinski definition) is 2. The van der Waals surface area contributed by atoms with Crippen molar-refractivity contribution in [3.63, 3.8) is 0 Å². The first-order chi connectivity index (χ1) is 7.95. The smallest absolute Gasteiger partial charge is 0.287 e. The molecule has 2 N–H and O–H groups in total. The van der Waals surface area contributed by atoms with Gasteiger partial charge in [0.25, 0.3) is 5.56 Å². The number of halogens is 1. The van der Waals surface area contributed by atoms with Crippen molar-refractivity contribution >= 4 is 17.3 Å².